The first-order valence-electron chi connectivity index (χ1n) is 12.6. The topological polar surface area (TPSA) is 83.4 Å². The van der Waals surface area contributed by atoms with Crippen molar-refractivity contribution in [3.05, 3.63) is 70.0 Å². The maximum atomic E-state index is 13.0. The summed E-state index contributed by atoms with van der Waals surface area (Å²) >= 11 is 13.6. The lowest BCUT2D eigenvalue weighted by Gasteiger charge is -2.36. The average molecular weight is 576 g/mol. The smallest absolute Gasteiger partial charge is 0.253 e. The molecule has 2 amide bonds. The SMILES string of the molecule is CC(C)C[C@@H](NC(=O)c1ccc(Cl)cc1Cl)c1nnc(SCC(=O)N2CCN(c3ccccc3)CC2)n1C. The van der Waals surface area contributed by atoms with Crippen LogP contribution in [-0.2, 0) is 11.8 Å². The van der Waals surface area contributed by atoms with E-state index in [1.54, 1.807) is 18.2 Å². The van der Waals surface area contributed by atoms with E-state index in [0.717, 1.165) is 13.1 Å². The van der Waals surface area contributed by atoms with E-state index in [1.807, 2.05) is 34.7 Å². The Morgan fingerprint density at radius 2 is 1.74 bits per heavy atom. The Bertz CT molecular complexity index is 1260. The van der Waals surface area contributed by atoms with Gasteiger partial charge in [-0.1, -0.05) is 67.0 Å². The molecule has 0 aliphatic carbocycles. The van der Waals surface area contributed by atoms with E-state index < -0.39 is 0 Å². The van der Waals surface area contributed by atoms with Crippen LogP contribution >= 0.6 is 35.0 Å². The van der Waals surface area contributed by atoms with Crippen molar-refractivity contribution >= 4 is 52.5 Å². The molecule has 0 bridgehead atoms. The molecular formula is C27H32Cl2N6O2S. The second kappa shape index (κ2) is 12.9. The molecule has 3 aromatic rings. The van der Waals surface area contributed by atoms with Crippen molar-refractivity contribution in [2.75, 3.05) is 36.8 Å². The molecule has 0 spiro atoms. The van der Waals surface area contributed by atoms with E-state index in [9.17, 15) is 9.59 Å². The Balaban J connectivity index is 1.37. The van der Waals surface area contributed by atoms with Gasteiger partial charge >= 0.3 is 0 Å². The van der Waals surface area contributed by atoms with E-state index in [-0.39, 0.29) is 28.6 Å². The van der Waals surface area contributed by atoms with Crippen molar-refractivity contribution in [1.82, 2.24) is 25.0 Å². The molecule has 0 saturated carbocycles. The number of aromatic nitrogens is 3. The van der Waals surface area contributed by atoms with Gasteiger partial charge in [-0.2, -0.15) is 0 Å². The number of rotatable bonds is 9. The highest BCUT2D eigenvalue weighted by atomic mass is 35.5. The zero-order chi connectivity index (χ0) is 27.2. The van der Waals surface area contributed by atoms with Crippen LogP contribution in [0.3, 0.4) is 0 Å². The molecule has 11 heteroatoms. The first kappa shape index (κ1) is 28.3. The monoisotopic (exact) mass is 574 g/mol. The highest BCUT2D eigenvalue weighted by Gasteiger charge is 2.26. The second-order valence-corrected chi connectivity index (χ2v) is 11.5. The van der Waals surface area contributed by atoms with E-state index in [4.69, 9.17) is 23.2 Å². The van der Waals surface area contributed by atoms with Gasteiger partial charge in [0.25, 0.3) is 5.91 Å². The third-order valence-corrected chi connectivity index (χ3v) is 8.00. The van der Waals surface area contributed by atoms with Crippen LogP contribution in [0.15, 0.2) is 53.7 Å². The molecule has 0 radical (unpaired) electrons. The van der Waals surface area contributed by atoms with Crippen molar-refractivity contribution in [3.8, 4) is 0 Å². The minimum atomic E-state index is -0.372. The van der Waals surface area contributed by atoms with Crippen LogP contribution in [-0.4, -0.2) is 63.4 Å². The van der Waals surface area contributed by atoms with Crippen LogP contribution in [0.1, 0.15) is 42.5 Å². The van der Waals surface area contributed by atoms with Crippen LogP contribution in [0.2, 0.25) is 10.0 Å². The summed E-state index contributed by atoms with van der Waals surface area (Å²) in [6, 6.07) is 14.7. The fourth-order valence-corrected chi connectivity index (χ4v) is 5.75. The van der Waals surface area contributed by atoms with Gasteiger partial charge in [-0.05, 0) is 42.7 Å². The van der Waals surface area contributed by atoms with Gasteiger partial charge in [0.2, 0.25) is 5.91 Å². The fraction of sp³-hybridized carbons (Fsp3) is 0.407. The molecule has 2 aromatic carbocycles. The minimum absolute atomic E-state index is 0.0803. The molecule has 1 aromatic heterocycles. The standard InChI is InChI=1S/C27H32Cl2N6O2S/c1-18(2)15-23(30-26(37)21-10-9-19(28)16-22(21)29)25-31-32-27(33(25)3)38-17-24(36)35-13-11-34(12-14-35)20-7-5-4-6-8-20/h4-10,16,18,23H,11-15,17H2,1-3H3,(H,30,37)/t23-/m1/s1. The molecule has 8 nitrogen and oxygen atoms in total. The first-order valence-corrected chi connectivity index (χ1v) is 14.3. The number of nitrogens with zero attached hydrogens (tertiary/aromatic N) is 5. The van der Waals surface area contributed by atoms with Crippen molar-refractivity contribution in [2.45, 2.75) is 31.5 Å². The third kappa shape index (κ3) is 7.01. The molecule has 1 N–H and O–H groups in total. The summed E-state index contributed by atoms with van der Waals surface area (Å²) in [6.07, 6.45) is 0.665. The van der Waals surface area contributed by atoms with Crippen LogP contribution in [0.25, 0.3) is 0 Å². The number of hydrogen-bond donors (Lipinski definition) is 1. The first-order chi connectivity index (χ1) is 18.2. The lowest BCUT2D eigenvalue weighted by molar-refractivity contribution is -0.128. The van der Waals surface area contributed by atoms with Crippen LogP contribution in [0.5, 0.6) is 0 Å². The fourth-order valence-electron chi connectivity index (χ4n) is 4.44. The number of piperazine rings is 1. The maximum absolute atomic E-state index is 13.0. The average Bonchev–Trinajstić information content (AvgIpc) is 3.27. The normalized spacial score (nSPS) is 14.6. The molecule has 38 heavy (non-hydrogen) atoms. The Hall–Kier alpha value is -2.75. The summed E-state index contributed by atoms with van der Waals surface area (Å²) in [4.78, 5) is 30.1. The zero-order valence-electron chi connectivity index (χ0n) is 21.7. The van der Waals surface area contributed by atoms with Gasteiger partial charge in [0.15, 0.2) is 11.0 Å². The van der Waals surface area contributed by atoms with Gasteiger partial charge in [-0.15, -0.1) is 10.2 Å². The number of amides is 2. The lowest BCUT2D eigenvalue weighted by atomic mass is 10.0. The number of para-hydroxylation sites is 1. The van der Waals surface area contributed by atoms with E-state index in [2.05, 4.69) is 46.4 Å². The molecular weight excluding hydrogens is 543 g/mol. The molecule has 1 saturated heterocycles. The highest BCUT2D eigenvalue weighted by Crippen LogP contribution is 2.26. The number of carbonyl (C=O) groups excluding carboxylic acids is 2. The third-order valence-electron chi connectivity index (χ3n) is 6.45. The largest absolute Gasteiger partial charge is 0.368 e. The molecule has 4 rings (SSSR count). The summed E-state index contributed by atoms with van der Waals surface area (Å²) in [5, 5.41) is 13.1. The Morgan fingerprint density at radius 1 is 1.03 bits per heavy atom. The quantitative estimate of drug-likeness (QED) is 0.359. The van der Waals surface area contributed by atoms with Gasteiger partial charge in [0.05, 0.1) is 22.4 Å². The van der Waals surface area contributed by atoms with Gasteiger partial charge in [-0.3, -0.25) is 9.59 Å². The minimum Gasteiger partial charge on any atom is -0.368 e. The predicted octanol–water partition coefficient (Wildman–Crippen LogP) is 5.08. The van der Waals surface area contributed by atoms with Gasteiger partial charge in [0, 0.05) is 43.9 Å². The van der Waals surface area contributed by atoms with Crippen molar-refractivity contribution in [2.24, 2.45) is 13.0 Å². The van der Waals surface area contributed by atoms with Crippen molar-refractivity contribution in [1.29, 1.82) is 0 Å². The van der Waals surface area contributed by atoms with E-state index in [1.165, 1.54) is 17.4 Å². The number of anilines is 1. The van der Waals surface area contributed by atoms with Crippen LogP contribution in [0, 0.1) is 5.92 Å². The maximum Gasteiger partial charge on any atom is 0.253 e. The van der Waals surface area contributed by atoms with Gasteiger partial charge in [-0.25, -0.2) is 0 Å². The van der Waals surface area contributed by atoms with Crippen LogP contribution < -0.4 is 10.2 Å². The van der Waals surface area contributed by atoms with Gasteiger partial charge in [0.1, 0.15) is 0 Å². The Kier molecular flexibility index (Phi) is 9.57. The van der Waals surface area contributed by atoms with Crippen molar-refractivity contribution < 1.29 is 9.59 Å². The van der Waals surface area contributed by atoms with Crippen molar-refractivity contribution in [3.63, 3.8) is 0 Å². The van der Waals surface area contributed by atoms with Crippen LogP contribution in [0.4, 0.5) is 5.69 Å². The summed E-state index contributed by atoms with van der Waals surface area (Å²) in [7, 11) is 1.86. The zero-order valence-corrected chi connectivity index (χ0v) is 24.1. The Morgan fingerprint density at radius 3 is 2.39 bits per heavy atom. The van der Waals surface area contributed by atoms with E-state index in [0.29, 0.717) is 47.0 Å². The summed E-state index contributed by atoms with van der Waals surface area (Å²) in [5.74, 6) is 0.975. The number of benzene rings is 2. The summed E-state index contributed by atoms with van der Waals surface area (Å²) < 4.78 is 1.85. The molecule has 1 fully saturated rings. The predicted molar refractivity (Wildman–Crippen MR) is 153 cm³/mol. The molecule has 0 unspecified atom stereocenters. The highest BCUT2D eigenvalue weighted by molar-refractivity contribution is 7.99. The summed E-state index contributed by atoms with van der Waals surface area (Å²) in [6.45, 7) is 7.15. The second-order valence-electron chi connectivity index (χ2n) is 9.67. The number of halogens is 2. The molecule has 202 valence electrons. The lowest BCUT2D eigenvalue weighted by Crippen LogP contribution is -2.49. The molecule has 1 aliphatic heterocycles. The number of thioether (sulfide) groups is 1. The summed E-state index contributed by atoms with van der Waals surface area (Å²) in [5.41, 5.74) is 1.53. The molecule has 1 atom stereocenters. The number of carbonyl (C=O) groups is 2. The van der Waals surface area contributed by atoms with Gasteiger partial charge < -0.3 is 19.7 Å². The number of hydrogen-bond acceptors (Lipinski definition) is 6. The molecule has 2 heterocycles. The number of nitrogens with one attached hydrogen (secondary N) is 1. The van der Waals surface area contributed by atoms with E-state index >= 15 is 0 Å². The molecule has 1 aliphatic rings. The Labute approximate surface area is 237 Å².